The molecule has 20 heavy (non-hydrogen) atoms. The van der Waals surface area contributed by atoms with Crippen molar-refractivity contribution in [3.05, 3.63) is 64.8 Å². The summed E-state index contributed by atoms with van der Waals surface area (Å²) in [6.45, 7) is 2.12. The first kappa shape index (κ1) is 13.1. The lowest BCUT2D eigenvalue weighted by molar-refractivity contribution is 0.864. The standard InChI is InChI=1S/C16H14BrN3/c1-11(12-6-4-7-14(17)9-12)19-16-15-8-3-2-5-13(15)10-18-20-16/h2-11H,1H3,(H,19,20). The van der Waals surface area contributed by atoms with Crippen LogP contribution in [0.25, 0.3) is 10.8 Å². The monoisotopic (exact) mass is 327 g/mol. The maximum absolute atomic E-state index is 4.22. The molecule has 100 valence electrons. The number of hydrogen-bond donors (Lipinski definition) is 1. The Morgan fingerprint density at radius 2 is 1.95 bits per heavy atom. The van der Waals surface area contributed by atoms with Crippen molar-refractivity contribution in [2.24, 2.45) is 0 Å². The molecule has 4 heteroatoms. The van der Waals surface area contributed by atoms with E-state index in [0.717, 1.165) is 21.1 Å². The minimum absolute atomic E-state index is 0.160. The van der Waals surface area contributed by atoms with E-state index in [0.29, 0.717) is 0 Å². The Kier molecular flexibility index (Phi) is 3.65. The number of fused-ring (bicyclic) bond motifs is 1. The Balaban J connectivity index is 1.93. The van der Waals surface area contributed by atoms with Crippen molar-refractivity contribution in [1.82, 2.24) is 10.2 Å². The third-order valence-corrected chi connectivity index (χ3v) is 3.77. The van der Waals surface area contributed by atoms with Crippen molar-refractivity contribution in [3.63, 3.8) is 0 Å². The molecule has 3 aromatic rings. The molecule has 0 aliphatic carbocycles. The number of nitrogens with zero attached hydrogens (tertiary/aromatic N) is 2. The molecule has 0 radical (unpaired) electrons. The third-order valence-electron chi connectivity index (χ3n) is 3.27. The molecule has 1 N–H and O–H groups in total. The SMILES string of the molecule is CC(Nc1nncc2ccccc12)c1cccc(Br)c1. The van der Waals surface area contributed by atoms with Gasteiger partial charge in [0.25, 0.3) is 0 Å². The predicted molar refractivity (Wildman–Crippen MR) is 85.7 cm³/mol. The minimum atomic E-state index is 0.160. The normalized spacial score (nSPS) is 12.3. The van der Waals surface area contributed by atoms with E-state index in [1.54, 1.807) is 6.20 Å². The molecule has 0 fully saturated rings. The van der Waals surface area contributed by atoms with Crippen LogP contribution in [-0.2, 0) is 0 Å². The van der Waals surface area contributed by atoms with Crippen molar-refractivity contribution in [2.75, 3.05) is 5.32 Å². The molecule has 1 unspecified atom stereocenters. The number of halogens is 1. The number of anilines is 1. The number of nitrogens with one attached hydrogen (secondary N) is 1. The number of aromatic nitrogens is 2. The van der Waals surface area contributed by atoms with Crippen molar-refractivity contribution < 1.29 is 0 Å². The summed E-state index contributed by atoms with van der Waals surface area (Å²) in [5, 5.41) is 13.9. The largest absolute Gasteiger partial charge is 0.362 e. The Hall–Kier alpha value is -1.94. The second-order valence-electron chi connectivity index (χ2n) is 4.70. The van der Waals surface area contributed by atoms with E-state index in [1.807, 2.05) is 30.3 Å². The van der Waals surface area contributed by atoms with Crippen LogP contribution in [0.5, 0.6) is 0 Å². The summed E-state index contributed by atoms with van der Waals surface area (Å²) >= 11 is 3.50. The maximum atomic E-state index is 4.22. The van der Waals surface area contributed by atoms with Crippen molar-refractivity contribution in [3.8, 4) is 0 Å². The molecule has 0 spiro atoms. The van der Waals surface area contributed by atoms with Gasteiger partial charge in [0.2, 0.25) is 0 Å². The van der Waals surface area contributed by atoms with Crippen LogP contribution in [-0.4, -0.2) is 10.2 Å². The quantitative estimate of drug-likeness (QED) is 0.765. The molecule has 0 bridgehead atoms. The van der Waals surface area contributed by atoms with E-state index in [9.17, 15) is 0 Å². The van der Waals surface area contributed by atoms with Crippen molar-refractivity contribution >= 4 is 32.5 Å². The first-order valence-electron chi connectivity index (χ1n) is 6.46. The second kappa shape index (κ2) is 5.59. The average Bonchev–Trinajstić information content (AvgIpc) is 2.47. The number of rotatable bonds is 3. The van der Waals surface area contributed by atoms with Gasteiger partial charge in [-0.15, -0.1) is 5.10 Å². The second-order valence-corrected chi connectivity index (χ2v) is 5.62. The van der Waals surface area contributed by atoms with Crippen LogP contribution in [0.3, 0.4) is 0 Å². The molecule has 0 aliphatic heterocycles. The lowest BCUT2D eigenvalue weighted by atomic mass is 10.1. The van der Waals surface area contributed by atoms with Crippen LogP contribution >= 0.6 is 15.9 Å². The summed E-state index contributed by atoms with van der Waals surface area (Å²) in [6, 6.07) is 16.5. The summed E-state index contributed by atoms with van der Waals surface area (Å²) in [6.07, 6.45) is 1.78. The van der Waals surface area contributed by atoms with Gasteiger partial charge in [-0.25, -0.2) is 0 Å². The van der Waals surface area contributed by atoms with Gasteiger partial charge in [0.05, 0.1) is 12.2 Å². The van der Waals surface area contributed by atoms with Gasteiger partial charge in [0.1, 0.15) is 0 Å². The van der Waals surface area contributed by atoms with Gasteiger partial charge >= 0.3 is 0 Å². The van der Waals surface area contributed by atoms with Gasteiger partial charge in [-0.05, 0) is 24.6 Å². The average molecular weight is 328 g/mol. The molecular formula is C16H14BrN3. The Morgan fingerprint density at radius 3 is 2.80 bits per heavy atom. The summed E-state index contributed by atoms with van der Waals surface area (Å²) in [5.74, 6) is 0.815. The molecule has 3 rings (SSSR count). The zero-order chi connectivity index (χ0) is 13.9. The summed E-state index contributed by atoms with van der Waals surface area (Å²) in [4.78, 5) is 0. The third kappa shape index (κ3) is 2.65. The fraction of sp³-hybridized carbons (Fsp3) is 0.125. The lowest BCUT2D eigenvalue weighted by Gasteiger charge is -2.16. The predicted octanol–water partition coefficient (Wildman–Crippen LogP) is 4.57. The van der Waals surface area contributed by atoms with Gasteiger partial charge in [-0.1, -0.05) is 52.3 Å². The van der Waals surface area contributed by atoms with Crippen LogP contribution in [0.15, 0.2) is 59.2 Å². The molecule has 3 nitrogen and oxygen atoms in total. The molecule has 1 atom stereocenters. The van der Waals surface area contributed by atoms with E-state index in [1.165, 1.54) is 5.56 Å². The van der Waals surface area contributed by atoms with Crippen LogP contribution in [0, 0.1) is 0 Å². The zero-order valence-electron chi connectivity index (χ0n) is 11.0. The van der Waals surface area contributed by atoms with E-state index >= 15 is 0 Å². The van der Waals surface area contributed by atoms with E-state index in [2.05, 4.69) is 56.6 Å². The molecule has 0 aliphatic rings. The molecular weight excluding hydrogens is 314 g/mol. The van der Waals surface area contributed by atoms with Gasteiger partial charge in [0.15, 0.2) is 5.82 Å². The van der Waals surface area contributed by atoms with Gasteiger partial charge in [-0.2, -0.15) is 5.10 Å². The van der Waals surface area contributed by atoms with E-state index in [4.69, 9.17) is 0 Å². The van der Waals surface area contributed by atoms with E-state index < -0.39 is 0 Å². The zero-order valence-corrected chi connectivity index (χ0v) is 12.6. The first-order chi connectivity index (χ1) is 9.74. The van der Waals surface area contributed by atoms with E-state index in [-0.39, 0.29) is 6.04 Å². The van der Waals surface area contributed by atoms with Gasteiger partial charge in [0, 0.05) is 15.2 Å². The summed E-state index contributed by atoms with van der Waals surface area (Å²) < 4.78 is 1.08. The highest BCUT2D eigenvalue weighted by Crippen LogP contribution is 2.25. The number of benzene rings is 2. The summed E-state index contributed by atoms with van der Waals surface area (Å²) in [5.41, 5.74) is 1.20. The van der Waals surface area contributed by atoms with Gasteiger partial charge in [-0.3, -0.25) is 0 Å². The highest BCUT2D eigenvalue weighted by atomic mass is 79.9. The van der Waals surface area contributed by atoms with Crippen LogP contribution in [0.1, 0.15) is 18.5 Å². The van der Waals surface area contributed by atoms with Gasteiger partial charge < -0.3 is 5.32 Å². The molecule has 0 saturated heterocycles. The molecule has 1 heterocycles. The van der Waals surface area contributed by atoms with Crippen molar-refractivity contribution in [1.29, 1.82) is 0 Å². The molecule has 1 aromatic heterocycles. The minimum Gasteiger partial charge on any atom is -0.362 e. The first-order valence-corrected chi connectivity index (χ1v) is 7.26. The highest BCUT2D eigenvalue weighted by molar-refractivity contribution is 9.10. The fourth-order valence-electron chi connectivity index (χ4n) is 2.20. The Bertz CT molecular complexity index is 737. The van der Waals surface area contributed by atoms with Crippen LogP contribution < -0.4 is 5.32 Å². The highest BCUT2D eigenvalue weighted by Gasteiger charge is 2.09. The maximum Gasteiger partial charge on any atom is 0.157 e. The Morgan fingerprint density at radius 1 is 1.10 bits per heavy atom. The summed E-state index contributed by atoms with van der Waals surface area (Å²) in [7, 11) is 0. The Labute approximate surface area is 126 Å². The molecule has 2 aromatic carbocycles. The molecule has 0 saturated carbocycles. The van der Waals surface area contributed by atoms with Crippen LogP contribution in [0.2, 0.25) is 0 Å². The smallest absolute Gasteiger partial charge is 0.157 e. The molecule has 0 amide bonds. The van der Waals surface area contributed by atoms with Crippen molar-refractivity contribution in [2.45, 2.75) is 13.0 Å². The topological polar surface area (TPSA) is 37.8 Å². The lowest BCUT2D eigenvalue weighted by Crippen LogP contribution is -2.08. The fourth-order valence-corrected chi connectivity index (χ4v) is 2.62. The number of hydrogen-bond acceptors (Lipinski definition) is 3. The van der Waals surface area contributed by atoms with Crippen LogP contribution in [0.4, 0.5) is 5.82 Å².